The second-order valence-corrected chi connectivity index (χ2v) is 9.88. The van der Waals surface area contributed by atoms with E-state index in [0.29, 0.717) is 16.8 Å². The SMILES string of the molecule is Clc1ccc2c(c1)nc(CSc1nnc(N3CCOCC3)n1C1CC1)n2Cc1ccccc1. The zero-order valence-corrected chi connectivity index (χ0v) is 19.8. The first kappa shape index (κ1) is 21.0. The molecule has 2 aromatic carbocycles. The number of nitrogens with zero attached hydrogens (tertiary/aromatic N) is 6. The maximum absolute atomic E-state index is 6.26. The van der Waals surface area contributed by atoms with Crippen molar-refractivity contribution in [3.63, 3.8) is 0 Å². The van der Waals surface area contributed by atoms with E-state index in [2.05, 4.69) is 54.6 Å². The van der Waals surface area contributed by atoms with Crippen LogP contribution in [0.4, 0.5) is 5.95 Å². The molecular weight excluding hydrogens is 456 g/mol. The summed E-state index contributed by atoms with van der Waals surface area (Å²) in [6.45, 7) is 3.98. The smallest absolute Gasteiger partial charge is 0.228 e. The Morgan fingerprint density at radius 1 is 1.03 bits per heavy atom. The molecule has 1 aliphatic carbocycles. The highest BCUT2D eigenvalue weighted by Gasteiger charge is 2.32. The van der Waals surface area contributed by atoms with Crippen molar-refractivity contribution in [3.05, 3.63) is 64.9 Å². The van der Waals surface area contributed by atoms with E-state index in [9.17, 15) is 0 Å². The highest BCUT2D eigenvalue weighted by atomic mass is 35.5. The Morgan fingerprint density at radius 3 is 2.64 bits per heavy atom. The van der Waals surface area contributed by atoms with Crippen LogP contribution in [0.2, 0.25) is 5.02 Å². The highest BCUT2D eigenvalue weighted by Crippen LogP contribution is 2.41. The average molecular weight is 481 g/mol. The van der Waals surface area contributed by atoms with Crippen molar-refractivity contribution in [2.45, 2.75) is 36.3 Å². The number of morpholine rings is 1. The van der Waals surface area contributed by atoms with Crippen molar-refractivity contribution in [1.82, 2.24) is 24.3 Å². The summed E-state index contributed by atoms with van der Waals surface area (Å²) >= 11 is 7.98. The van der Waals surface area contributed by atoms with Crippen molar-refractivity contribution in [1.29, 1.82) is 0 Å². The molecule has 0 atom stereocenters. The van der Waals surface area contributed by atoms with Crippen LogP contribution in [0, 0.1) is 0 Å². The summed E-state index contributed by atoms with van der Waals surface area (Å²) in [5.74, 6) is 2.71. The predicted octanol–water partition coefficient (Wildman–Crippen LogP) is 4.79. The summed E-state index contributed by atoms with van der Waals surface area (Å²) in [5, 5.41) is 10.8. The molecule has 2 aliphatic rings. The van der Waals surface area contributed by atoms with Gasteiger partial charge >= 0.3 is 0 Å². The molecule has 3 heterocycles. The van der Waals surface area contributed by atoms with E-state index in [1.165, 1.54) is 18.4 Å². The number of anilines is 1. The van der Waals surface area contributed by atoms with Gasteiger partial charge in [-0.2, -0.15) is 0 Å². The maximum atomic E-state index is 6.26. The van der Waals surface area contributed by atoms with Crippen LogP contribution in [0.5, 0.6) is 0 Å². The van der Waals surface area contributed by atoms with Crippen molar-refractivity contribution >= 4 is 40.3 Å². The van der Waals surface area contributed by atoms with Crippen LogP contribution in [0.3, 0.4) is 0 Å². The highest BCUT2D eigenvalue weighted by molar-refractivity contribution is 7.98. The third-order valence-electron chi connectivity index (χ3n) is 6.16. The van der Waals surface area contributed by atoms with Gasteiger partial charge in [0.05, 0.1) is 30.0 Å². The molecule has 2 fully saturated rings. The van der Waals surface area contributed by atoms with Crippen molar-refractivity contribution in [2.75, 3.05) is 31.2 Å². The molecule has 33 heavy (non-hydrogen) atoms. The number of thioether (sulfide) groups is 1. The minimum Gasteiger partial charge on any atom is -0.378 e. The normalized spacial score (nSPS) is 16.6. The summed E-state index contributed by atoms with van der Waals surface area (Å²) in [5.41, 5.74) is 3.26. The van der Waals surface area contributed by atoms with Gasteiger partial charge in [0.25, 0.3) is 0 Å². The van der Waals surface area contributed by atoms with Gasteiger partial charge in [0.1, 0.15) is 5.82 Å². The number of ether oxygens (including phenoxy) is 1. The Morgan fingerprint density at radius 2 is 1.85 bits per heavy atom. The third kappa shape index (κ3) is 4.35. The fourth-order valence-corrected chi connectivity index (χ4v) is 5.45. The molecule has 1 saturated heterocycles. The molecule has 0 spiro atoms. The zero-order valence-electron chi connectivity index (χ0n) is 18.2. The minimum absolute atomic E-state index is 0.502. The quantitative estimate of drug-likeness (QED) is 0.354. The van der Waals surface area contributed by atoms with E-state index >= 15 is 0 Å². The Labute approximate surface area is 201 Å². The number of hydrogen-bond acceptors (Lipinski definition) is 6. The second kappa shape index (κ2) is 9.00. The van der Waals surface area contributed by atoms with Gasteiger partial charge < -0.3 is 14.2 Å². The van der Waals surface area contributed by atoms with Crippen LogP contribution in [0.15, 0.2) is 53.7 Å². The largest absolute Gasteiger partial charge is 0.378 e. The molecule has 6 rings (SSSR count). The van der Waals surface area contributed by atoms with Gasteiger partial charge in [-0.05, 0) is 36.6 Å². The molecule has 9 heteroatoms. The standard InChI is InChI=1S/C24H25ClN6OS/c25-18-6-9-21-20(14-18)26-22(30(21)15-17-4-2-1-3-5-17)16-33-24-28-27-23(31(24)19-7-8-19)29-10-12-32-13-11-29/h1-6,9,14,19H,7-8,10-13,15-16H2. The molecule has 2 aromatic heterocycles. The van der Waals surface area contributed by atoms with E-state index in [0.717, 1.165) is 60.8 Å². The van der Waals surface area contributed by atoms with Crippen LogP contribution in [0.1, 0.15) is 30.3 Å². The fourth-order valence-electron chi connectivity index (χ4n) is 4.33. The van der Waals surface area contributed by atoms with Gasteiger partial charge in [0.2, 0.25) is 5.95 Å². The van der Waals surface area contributed by atoms with Crippen LogP contribution in [-0.4, -0.2) is 50.6 Å². The zero-order chi connectivity index (χ0) is 22.2. The number of fused-ring (bicyclic) bond motifs is 1. The molecule has 4 aromatic rings. The second-order valence-electron chi connectivity index (χ2n) is 8.50. The Balaban J connectivity index is 1.30. The topological polar surface area (TPSA) is 61.0 Å². The van der Waals surface area contributed by atoms with E-state index in [-0.39, 0.29) is 0 Å². The summed E-state index contributed by atoms with van der Waals surface area (Å²) in [7, 11) is 0. The third-order valence-corrected chi connectivity index (χ3v) is 7.33. The van der Waals surface area contributed by atoms with Crippen molar-refractivity contribution in [3.8, 4) is 0 Å². The first-order valence-electron chi connectivity index (χ1n) is 11.4. The summed E-state index contributed by atoms with van der Waals surface area (Å²) in [6.07, 6.45) is 2.38. The fraction of sp³-hybridized carbons (Fsp3) is 0.375. The van der Waals surface area contributed by atoms with E-state index in [1.54, 1.807) is 11.8 Å². The molecule has 0 bridgehead atoms. The van der Waals surface area contributed by atoms with Crippen LogP contribution in [-0.2, 0) is 17.0 Å². The van der Waals surface area contributed by atoms with Crippen molar-refractivity contribution < 1.29 is 4.74 Å². The van der Waals surface area contributed by atoms with Crippen molar-refractivity contribution in [2.24, 2.45) is 0 Å². The van der Waals surface area contributed by atoms with Crippen LogP contribution >= 0.6 is 23.4 Å². The average Bonchev–Trinajstić information content (AvgIpc) is 3.51. The lowest BCUT2D eigenvalue weighted by Gasteiger charge is -2.27. The summed E-state index contributed by atoms with van der Waals surface area (Å²) < 4.78 is 10.1. The first-order valence-corrected chi connectivity index (χ1v) is 12.7. The number of imidazole rings is 1. The molecule has 1 saturated carbocycles. The molecule has 1 aliphatic heterocycles. The van der Waals surface area contributed by atoms with E-state index in [4.69, 9.17) is 21.3 Å². The molecule has 0 radical (unpaired) electrons. The molecule has 0 N–H and O–H groups in total. The van der Waals surface area contributed by atoms with Crippen LogP contribution in [0.25, 0.3) is 11.0 Å². The molecule has 0 unspecified atom stereocenters. The Bertz CT molecular complexity index is 1260. The monoisotopic (exact) mass is 480 g/mol. The summed E-state index contributed by atoms with van der Waals surface area (Å²) in [4.78, 5) is 7.24. The van der Waals surface area contributed by atoms with Crippen LogP contribution < -0.4 is 4.90 Å². The van der Waals surface area contributed by atoms with Gasteiger partial charge in [0.15, 0.2) is 5.16 Å². The number of halogens is 1. The number of benzene rings is 2. The molecular formula is C24H25ClN6OS. The molecule has 0 amide bonds. The van der Waals surface area contributed by atoms with Gasteiger partial charge in [0, 0.05) is 30.7 Å². The van der Waals surface area contributed by atoms with Gasteiger partial charge in [-0.25, -0.2) is 4.98 Å². The number of rotatable bonds is 7. The van der Waals surface area contributed by atoms with Gasteiger partial charge in [-0.3, -0.25) is 4.57 Å². The van der Waals surface area contributed by atoms with E-state index < -0.39 is 0 Å². The Kier molecular flexibility index (Phi) is 5.73. The van der Waals surface area contributed by atoms with Gasteiger partial charge in [-0.1, -0.05) is 53.7 Å². The number of aromatic nitrogens is 5. The molecule has 7 nitrogen and oxygen atoms in total. The number of hydrogen-bond donors (Lipinski definition) is 0. The maximum Gasteiger partial charge on any atom is 0.228 e. The lowest BCUT2D eigenvalue weighted by Crippen LogP contribution is -2.38. The molecule has 170 valence electrons. The minimum atomic E-state index is 0.502. The predicted molar refractivity (Wildman–Crippen MR) is 131 cm³/mol. The summed E-state index contributed by atoms with van der Waals surface area (Å²) in [6, 6.07) is 16.9. The first-order chi connectivity index (χ1) is 16.3. The Hall–Kier alpha value is -2.55. The lowest BCUT2D eigenvalue weighted by atomic mass is 10.2. The van der Waals surface area contributed by atoms with E-state index in [1.807, 2.05) is 18.2 Å². The lowest BCUT2D eigenvalue weighted by molar-refractivity contribution is 0.121. The van der Waals surface area contributed by atoms with Gasteiger partial charge in [-0.15, -0.1) is 10.2 Å².